The van der Waals surface area contributed by atoms with Crippen LogP contribution in [-0.4, -0.2) is 28.6 Å². The maximum atomic E-state index is 13.0. The highest BCUT2D eigenvalue weighted by molar-refractivity contribution is 6.05. The van der Waals surface area contributed by atoms with Gasteiger partial charge in [0.25, 0.3) is 5.71 Å². The third-order valence-corrected chi connectivity index (χ3v) is 5.04. The highest BCUT2D eigenvalue weighted by Gasteiger charge is 2.23. The van der Waals surface area contributed by atoms with Gasteiger partial charge in [-0.25, -0.2) is 9.78 Å². The number of pyridine rings is 1. The van der Waals surface area contributed by atoms with Crippen LogP contribution in [0.15, 0.2) is 57.7 Å². The number of aryl methyl sites for hydroxylation is 1. The molecule has 4 aromatic rings. The number of amides is 1. The number of carbonyl (C=O) groups is 2. The quantitative estimate of drug-likeness (QED) is 0.373. The first-order valence-electron chi connectivity index (χ1n) is 9.53. The van der Waals surface area contributed by atoms with Crippen molar-refractivity contribution in [2.75, 3.05) is 11.4 Å². The molecule has 0 spiro atoms. The van der Waals surface area contributed by atoms with Crippen LogP contribution in [0.2, 0.25) is 0 Å². The van der Waals surface area contributed by atoms with Crippen LogP contribution in [0.25, 0.3) is 22.6 Å². The molecule has 1 fully saturated rings. The van der Waals surface area contributed by atoms with Gasteiger partial charge in [-0.15, -0.1) is 0 Å². The fourth-order valence-corrected chi connectivity index (χ4v) is 3.58. The number of anilines is 1. The molecule has 150 valence electrons. The van der Waals surface area contributed by atoms with Crippen LogP contribution in [0.4, 0.5) is 5.69 Å². The van der Waals surface area contributed by atoms with E-state index in [0.29, 0.717) is 41.2 Å². The van der Waals surface area contributed by atoms with E-state index in [1.165, 1.54) is 6.26 Å². The summed E-state index contributed by atoms with van der Waals surface area (Å²) in [5.74, 6) is 0.410. The topological polar surface area (TPSA) is 98.7 Å². The Hall–Kier alpha value is -3.94. The van der Waals surface area contributed by atoms with E-state index < -0.39 is 5.97 Å². The van der Waals surface area contributed by atoms with Crippen LogP contribution in [0.1, 0.15) is 28.9 Å². The Labute approximate surface area is 171 Å². The monoisotopic (exact) mass is 403 g/mol. The molecule has 30 heavy (non-hydrogen) atoms. The van der Waals surface area contributed by atoms with Crippen LogP contribution in [0, 0.1) is 6.92 Å². The molecule has 0 N–H and O–H groups in total. The van der Waals surface area contributed by atoms with Gasteiger partial charge in [-0.05, 0) is 55.8 Å². The number of benzene rings is 1. The molecule has 0 aliphatic carbocycles. The Bertz CT molecular complexity index is 1240. The molecule has 1 aliphatic rings. The third kappa shape index (κ3) is 3.12. The predicted molar refractivity (Wildman–Crippen MR) is 107 cm³/mol. The van der Waals surface area contributed by atoms with Crippen LogP contribution in [-0.2, 0) is 4.79 Å². The lowest BCUT2D eigenvalue weighted by Gasteiger charge is -2.15. The van der Waals surface area contributed by atoms with Crippen LogP contribution < -0.4 is 9.64 Å². The van der Waals surface area contributed by atoms with E-state index in [-0.39, 0.29) is 17.2 Å². The van der Waals surface area contributed by atoms with E-state index in [2.05, 4.69) is 10.1 Å². The van der Waals surface area contributed by atoms with E-state index in [1.807, 2.05) is 0 Å². The Morgan fingerprint density at radius 3 is 2.73 bits per heavy atom. The summed E-state index contributed by atoms with van der Waals surface area (Å²) in [7, 11) is 0. The van der Waals surface area contributed by atoms with Crippen molar-refractivity contribution in [3.63, 3.8) is 0 Å². The number of nitrogens with zero attached hydrogens (tertiary/aromatic N) is 3. The minimum Gasteiger partial charge on any atom is -0.463 e. The van der Waals surface area contributed by atoms with E-state index in [1.54, 1.807) is 54.3 Å². The lowest BCUT2D eigenvalue weighted by molar-refractivity contribution is -0.117. The standard InChI is InChI=1S/C22H17N3O5/c1-13-20-16(12-17(18-4-3-11-28-18)23-21(20)30-24-13)22(27)29-15-8-6-14(7-9-15)25-10-2-5-19(25)26/h3-4,6-9,11-12H,2,5,10H2,1H3. The molecule has 1 aliphatic heterocycles. The summed E-state index contributed by atoms with van der Waals surface area (Å²) in [5, 5.41) is 4.41. The smallest absolute Gasteiger partial charge is 0.344 e. The van der Waals surface area contributed by atoms with Gasteiger partial charge >= 0.3 is 5.97 Å². The summed E-state index contributed by atoms with van der Waals surface area (Å²) < 4.78 is 16.2. The first-order chi connectivity index (χ1) is 14.6. The zero-order chi connectivity index (χ0) is 20.7. The van der Waals surface area contributed by atoms with Crippen molar-refractivity contribution in [3.05, 3.63) is 60.0 Å². The average Bonchev–Trinajstić information content (AvgIpc) is 3.50. The normalized spacial score (nSPS) is 13.9. The largest absolute Gasteiger partial charge is 0.463 e. The number of fused-ring (bicyclic) bond motifs is 1. The van der Waals surface area contributed by atoms with Gasteiger partial charge in [0.2, 0.25) is 5.91 Å². The second-order valence-corrected chi connectivity index (χ2v) is 7.01. The average molecular weight is 403 g/mol. The van der Waals surface area contributed by atoms with Gasteiger partial charge in [0.15, 0.2) is 5.76 Å². The number of carbonyl (C=O) groups excluding carboxylic acids is 2. The van der Waals surface area contributed by atoms with Crippen molar-refractivity contribution in [2.24, 2.45) is 0 Å². The molecule has 8 nitrogen and oxygen atoms in total. The Morgan fingerprint density at radius 2 is 2.03 bits per heavy atom. The van der Waals surface area contributed by atoms with Gasteiger partial charge in [-0.3, -0.25) is 4.79 Å². The predicted octanol–water partition coefficient (Wildman–Crippen LogP) is 4.14. The fraction of sp³-hybridized carbons (Fsp3) is 0.182. The van der Waals surface area contributed by atoms with Gasteiger partial charge in [-0.2, -0.15) is 0 Å². The number of aromatic nitrogens is 2. The summed E-state index contributed by atoms with van der Waals surface area (Å²) in [6, 6.07) is 12.0. The maximum absolute atomic E-state index is 13.0. The second kappa shape index (κ2) is 7.14. The molecule has 0 unspecified atom stereocenters. The molecule has 4 heterocycles. The molecule has 0 bridgehead atoms. The summed E-state index contributed by atoms with van der Waals surface area (Å²) in [5.41, 5.74) is 2.29. The number of ether oxygens (including phenoxy) is 1. The summed E-state index contributed by atoms with van der Waals surface area (Å²) in [6.45, 7) is 2.44. The van der Waals surface area contributed by atoms with Gasteiger partial charge < -0.3 is 18.6 Å². The molecule has 0 saturated carbocycles. The lowest BCUT2D eigenvalue weighted by atomic mass is 10.1. The van der Waals surface area contributed by atoms with Crippen LogP contribution >= 0.6 is 0 Å². The number of esters is 1. The van der Waals surface area contributed by atoms with Crippen molar-refractivity contribution in [1.82, 2.24) is 10.1 Å². The van der Waals surface area contributed by atoms with Gasteiger partial charge in [0.1, 0.15) is 11.4 Å². The minimum atomic E-state index is -0.563. The molecule has 8 heteroatoms. The van der Waals surface area contributed by atoms with E-state index in [0.717, 1.165) is 12.1 Å². The first kappa shape index (κ1) is 18.1. The highest BCUT2D eigenvalue weighted by atomic mass is 16.5. The molecule has 5 rings (SSSR count). The number of rotatable bonds is 4. The molecule has 1 saturated heterocycles. The number of furan rings is 1. The van der Waals surface area contributed by atoms with Crippen molar-refractivity contribution < 1.29 is 23.3 Å². The SMILES string of the molecule is Cc1noc2nc(-c3ccco3)cc(C(=O)Oc3ccc(N4CCCC4=O)cc3)c12. The minimum absolute atomic E-state index is 0.104. The van der Waals surface area contributed by atoms with Gasteiger partial charge in [-0.1, -0.05) is 5.16 Å². The fourth-order valence-electron chi connectivity index (χ4n) is 3.58. The van der Waals surface area contributed by atoms with E-state index in [9.17, 15) is 9.59 Å². The van der Waals surface area contributed by atoms with Crippen LogP contribution in [0.5, 0.6) is 5.75 Å². The Balaban J connectivity index is 1.46. The Kier molecular flexibility index (Phi) is 4.31. The zero-order valence-corrected chi connectivity index (χ0v) is 16.1. The second-order valence-electron chi connectivity index (χ2n) is 7.01. The molecular formula is C22H17N3O5. The molecule has 0 atom stereocenters. The first-order valence-corrected chi connectivity index (χ1v) is 9.53. The molecular weight excluding hydrogens is 386 g/mol. The van der Waals surface area contributed by atoms with Crippen molar-refractivity contribution in [1.29, 1.82) is 0 Å². The molecule has 0 radical (unpaired) electrons. The zero-order valence-electron chi connectivity index (χ0n) is 16.1. The van der Waals surface area contributed by atoms with Crippen molar-refractivity contribution in [3.8, 4) is 17.2 Å². The van der Waals surface area contributed by atoms with Crippen molar-refractivity contribution in [2.45, 2.75) is 19.8 Å². The lowest BCUT2D eigenvalue weighted by Crippen LogP contribution is -2.23. The molecule has 1 amide bonds. The Morgan fingerprint density at radius 1 is 1.20 bits per heavy atom. The van der Waals surface area contributed by atoms with Crippen LogP contribution in [0.3, 0.4) is 0 Å². The van der Waals surface area contributed by atoms with E-state index >= 15 is 0 Å². The van der Waals surface area contributed by atoms with Crippen molar-refractivity contribution >= 4 is 28.7 Å². The number of hydrogen-bond donors (Lipinski definition) is 0. The third-order valence-electron chi connectivity index (χ3n) is 5.04. The summed E-state index contributed by atoms with van der Waals surface area (Å²) in [4.78, 5) is 31.0. The molecule has 3 aromatic heterocycles. The summed E-state index contributed by atoms with van der Waals surface area (Å²) in [6.07, 6.45) is 2.94. The molecule has 1 aromatic carbocycles. The maximum Gasteiger partial charge on any atom is 0.344 e. The van der Waals surface area contributed by atoms with Gasteiger partial charge in [0.05, 0.1) is 22.9 Å². The summed E-state index contributed by atoms with van der Waals surface area (Å²) >= 11 is 0. The number of hydrogen-bond acceptors (Lipinski definition) is 7. The van der Waals surface area contributed by atoms with E-state index in [4.69, 9.17) is 13.7 Å². The van der Waals surface area contributed by atoms with Gasteiger partial charge in [0, 0.05) is 18.7 Å². The highest BCUT2D eigenvalue weighted by Crippen LogP contribution is 2.29.